The average Bonchev–Trinajstić information content (AvgIpc) is 3.83. The van der Waals surface area contributed by atoms with E-state index in [1.807, 2.05) is 7.05 Å². The Hall–Kier alpha value is -4.32. The Morgan fingerprint density at radius 1 is 0.774 bits per heavy atom. The van der Waals surface area contributed by atoms with Crippen LogP contribution in [0, 0.1) is 19.3 Å². The number of nitrogens with zero attached hydrogens (tertiary/aromatic N) is 2. The zero-order chi connectivity index (χ0) is 44.3. The third kappa shape index (κ3) is 13.6. The number of anilines is 1. The standard InChI is InChI=1S/C40H58N4O17.CH3/c1-23(45)8-15-56-17-19-58-20-18-57-16-9-29(46)41-10-7-30(47)42-25-21-24(3-4-26(25)60-40-35(50)33(48)34(49)36(61-40)39(54)55)22-44(2)13-11-43(12-14-44)37(51)31-27-5-6-28(59-27)32(31)38(52)53;/h3-4,21,27-28,31-36,40,48-50H,5-20,22H2,1-2H3,(H3-,41,42,46,47,52,53,54,55);1H3/q;-1/p+1/t27?,28?,31?,32?,33-,34-,35+,36-,40+;/m0./s1. The molecule has 1 aromatic rings. The number of carboxylic acids is 2. The minimum absolute atomic E-state index is 0. The van der Waals surface area contributed by atoms with Crippen molar-refractivity contribution in [1.29, 1.82) is 0 Å². The number of piperazine rings is 1. The molecule has 0 radical (unpaired) electrons. The molecular formula is C41H62N4O17. The number of amides is 3. The topological polar surface area (TPSA) is 286 Å². The van der Waals surface area contributed by atoms with Crippen LogP contribution in [0.2, 0.25) is 0 Å². The van der Waals surface area contributed by atoms with Crippen LogP contribution in [-0.2, 0) is 59.0 Å². The number of aliphatic carboxylic acids is 2. The Kier molecular flexibility index (Phi) is 19.0. The van der Waals surface area contributed by atoms with Gasteiger partial charge in [0.1, 0.15) is 36.4 Å². The number of Topliss-reactive ketones (excluding diaryl/α,β-unsaturated/α-hetero) is 1. The highest BCUT2D eigenvalue weighted by Gasteiger charge is 2.57. The first-order chi connectivity index (χ1) is 29.1. The quantitative estimate of drug-likeness (QED) is 0.0392. The van der Waals surface area contributed by atoms with E-state index in [9.17, 15) is 54.3 Å². The summed E-state index contributed by atoms with van der Waals surface area (Å²) in [4.78, 5) is 75.5. The second-order valence-electron chi connectivity index (χ2n) is 16.1. The van der Waals surface area contributed by atoms with Gasteiger partial charge in [0.05, 0.1) is 103 Å². The summed E-state index contributed by atoms with van der Waals surface area (Å²) < 4.78 is 33.5. The van der Waals surface area contributed by atoms with Gasteiger partial charge in [0.2, 0.25) is 24.0 Å². The summed E-state index contributed by atoms with van der Waals surface area (Å²) in [6.45, 7) is 5.50. The first kappa shape index (κ1) is 50.3. The normalized spacial score (nSPS) is 27.5. The molecule has 1 aromatic carbocycles. The van der Waals surface area contributed by atoms with Crippen molar-refractivity contribution in [1.82, 2.24) is 10.2 Å². The maximum Gasteiger partial charge on any atom is 0.335 e. The van der Waals surface area contributed by atoms with Gasteiger partial charge in [0, 0.05) is 31.4 Å². The lowest BCUT2D eigenvalue weighted by Crippen LogP contribution is -2.61. The summed E-state index contributed by atoms with van der Waals surface area (Å²) in [7, 11) is 2.01. The number of carbonyl (C=O) groups is 6. The van der Waals surface area contributed by atoms with Crippen molar-refractivity contribution in [2.45, 2.75) is 88.5 Å². The van der Waals surface area contributed by atoms with Gasteiger partial charge in [0.25, 0.3) is 0 Å². The van der Waals surface area contributed by atoms with E-state index >= 15 is 0 Å². The fourth-order valence-electron chi connectivity index (χ4n) is 7.97. The van der Waals surface area contributed by atoms with Crippen LogP contribution >= 0.6 is 0 Å². The van der Waals surface area contributed by atoms with Gasteiger partial charge in [-0.3, -0.25) is 24.0 Å². The number of aliphatic hydroxyl groups is 3. The number of ether oxygens (including phenoxy) is 6. The van der Waals surface area contributed by atoms with Crippen molar-refractivity contribution in [2.75, 3.05) is 84.7 Å². The van der Waals surface area contributed by atoms with Crippen LogP contribution in [-0.4, -0.2) is 193 Å². The second kappa shape index (κ2) is 23.4. The first-order valence-electron chi connectivity index (χ1n) is 20.6. The van der Waals surface area contributed by atoms with E-state index in [4.69, 9.17) is 28.4 Å². The monoisotopic (exact) mass is 882 g/mol. The molecule has 4 aliphatic heterocycles. The molecule has 3 amide bonds. The van der Waals surface area contributed by atoms with E-state index in [1.165, 1.54) is 13.0 Å². The molecule has 7 N–H and O–H groups in total. The van der Waals surface area contributed by atoms with Crippen molar-refractivity contribution in [3.63, 3.8) is 0 Å². The van der Waals surface area contributed by atoms with Gasteiger partial charge >= 0.3 is 11.9 Å². The van der Waals surface area contributed by atoms with Crippen molar-refractivity contribution in [3.8, 4) is 5.75 Å². The van der Waals surface area contributed by atoms with Crippen LogP contribution < -0.4 is 15.4 Å². The molecule has 0 aromatic heterocycles. The molecule has 0 spiro atoms. The van der Waals surface area contributed by atoms with Crippen molar-refractivity contribution in [3.05, 3.63) is 31.2 Å². The minimum Gasteiger partial charge on any atom is -0.481 e. The third-order valence-electron chi connectivity index (χ3n) is 11.4. The summed E-state index contributed by atoms with van der Waals surface area (Å²) in [5.74, 6) is -5.26. The number of nitrogens with one attached hydrogen (secondary N) is 2. The molecule has 0 saturated carbocycles. The molecule has 21 heteroatoms. The van der Waals surface area contributed by atoms with Crippen molar-refractivity contribution >= 4 is 41.1 Å². The van der Waals surface area contributed by atoms with Gasteiger partial charge in [0.15, 0.2) is 6.10 Å². The van der Waals surface area contributed by atoms with Crippen LogP contribution in [0.15, 0.2) is 18.2 Å². The maximum atomic E-state index is 13.6. The van der Waals surface area contributed by atoms with Crippen LogP contribution in [0.25, 0.3) is 0 Å². The van der Waals surface area contributed by atoms with Gasteiger partial charge in [-0.15, -0.1) is 0 Å². The first-order valence-corrected chi connectivity index (χ1v) is 20.6. The van der Waals surface area contributed by atoms with E-state index in [-0.39, 0.29) is 69.1 Å². The molecule has 4 aliphatic rings. The average molecular weight is 883 g/mol. The summed E-state index contributed by atoms with van der Waals surface area (Å²) in [6.07, 6.45) is -8.69. The Bertz CT molecular complexity index is 1710. The number of benzene rings is 1. The van der Waals surface area contributed by atoms with E-state index in [1.54, 1.807) is 17.0 Å². The summed E-state index contributed by atoms with van der Waals surface area (Å²) in [6, 6.07) is 4.82. The molecule has 21 nitrogen and oxygen atoms in total. The minimum atomic E-state index is -1.94. The number of hydrogen-bond acceptors (Lipinski definition) is 15. The lowest BCUT2D eigenvalue weighted by Gasteiger charge is -2.43. The molecule has 5 rings (SSSR count). The van der Waals surface area contributed by atoms with E-state index in [2.05, 4.69) is 10.6 Å². The number of aliphatic hydroxyl groups excluding tert-OH is 3. The van der Waals surface area contributed by atoms with E-state index in [0.717, 1.165) is 5.56 Å². The smallest absolute Gasteiger partial charge is 0.335 e. The largest absolute Gasteiger partial charge is 0.481 e. The molecule has 4 saturated heterocycles. The highest BCUT2D eigenvalue weighted by Crippen LogP contribution is 2.44. The molecule has 9 atom stereocenters. The molecule has 348 valence electrons. The van der Waals surface area contributed by atoms with Crippen LogP contribution in [0.1, 0.15) is 44.6 Å². The van der Waals surface area contributed by atoms with Crippen LogP contribution in [0.5, 0.6) is 5.75 Å². The number of carboxylic acid groups (broad SMARTS) is 2. The fourth-order valence-corrected chi connectivity index (χ4v) is 7.97. The molecular weight excluding hydrogens is 820 g/mol. The third-order valence-corrected chi connectivity index (χ3v) is 11.4. The lowest BCUT2D eigenvalue weighted by molar-refractivity contribution is -0.926. The number of carbonyl (C=O) groups excluding carboxylic acids is 4. The van der Waals surface area contributed by atoms with Gasteiger partial charge in [-0.05, 0) is 38.0 Å². The second-order valence-corrected chi connectivity index (χ2v) is 16.1. The van der Waals surface area contributed by atoms with E-state index < -0.39 is 72.6 Å². The maximum absolute atomic E-state index is 13.6. The van der Waals surface area contributed by atoms with Gasteiger partial charge in [-0.1, -0.05) is 0 Å². The number of ketones is 1. The fraction of sp³-hybridized carbons (Fsp3) is 0.683. The van der Waals surface area contributed by atoms with Gasteiger partial charge in [-0.2, -0.15) is 0 Å². The number of hydrogen-bond donors (Lipinski definition) is 7. The molecule has 0 aliphatic carbocycles. The highest BCUT2D eigenvalue weighted by atomic mass is 16.7. The number of likely N-dealkylation sites (N-methyl/N-ethyl adjacent to an activating group) is 1. The molecule has 4 fully saturated rings. The SMILES string of the molecule is CC(=O)CCOCCOCCOCCC(=O)NCCC(=O)Nc1cc(C[N+]2(C)CCN(C(=O)C3C4CCC(O4)C3C(=O)O)CC2)ccc1O[C@@H]1O[C@H](C(=O)O)[C@@H](O)[C@H](O)[C@H]1O.[CH3-]. The molecule has 2 bridgehead atoms. The predicted octanol–water partition coefficient (Wildman–Crippen LogP) is -1.06. The molecule has 4 heterocycles. The van der Waals surface area contributed by atoms with Gasteiger partial charge < -0.3 is 81.4 Å². The lowest BCUT2D eigenvalue weighted by atomic mass is 9.78. The predicted molar refractivity (Wildman–Crippen MR) is 215 cm³/mol. The van der Waals surface area contributed by atoms with Crippen LogP contribution in [0.3, 0.4) is 0 Å². The zero-order valence-corrected chi connectivity index (χ0v) is 35.5. The number of quaternary nitrogens is 1. The van der Waals surface area contributed by atoms with E-state index in [0.29, 0.717) is 82.9 Å². The van der Waals surface area contributed by atoms with Crippen LogP contribution in [0.4, 0.5) is 5.69 Å². The van der Waals surface area contributed by atoms with Crippen molar-refractivity contribution in [2.24, 2.45) is 11.8 Å². The Morgan fingerprint density at radius 2 is 1.39 bits per heavy atom. The summed E-state index contributed by atoms with van der Waals surface area (Å²) in [5, 5.41) is 55.8. The molecule has 62 heavy (non-hydrogen) atoms. The summed E-state index contributed by atoms with van der Waals surface area (Å²) >= 11 is 0. The number of rotatable bonds is 23. The van der Waals surface area contributed by atoms with Gasteiger partial charge in [-0.25, -0.2) is 4.79 Å². The summed E-state index contributed by atoms with van der Waals surface area (Å²) in [5.41, 5.74) is 0.852. The Labute approximate surface area is 360 Å². The highest BCUT2D eigenvalue weighted by molar-refractivity contribution is 5.93. The Morgan fingerprint density at radius 3 is 2.00 bits per heavy atom. The van der Waals surface area contributed by atoms with Crippen molar-refractivity contribution < 1.29 is 87.2 Å². The zero-order valence-electron chi connectivity index (χ0n) is 35.5. The Balaban J connectivity index is 0.00000845. The molecule has 4 unspecified atom stereocenters. The number of fused-ring (bicyclic) bond motifs is 2.